The van der Waals surface area contributed by atoms with Crippen molar-refractivity contribution in [3.05, 3.63) is 42.5 Å². The molecular weight excluding hydrogens is 472 g/mol. The van der Waals surface area contributed by atoms with Crippen LogP contribution in [0, 0.1) is 11.8 Å². The van der Waals surface area contributed by atoms with Gasteiger partial charge in [0.2, 0.25) is 0 Å². The van der Waals surface area contributed by atoms with E-state index in [-0.39, 0.29) is 30.1 Å². The quantitative estimate of drug-likeness (QED) is 0.134. The zero-order valence-electron chi connectivity index (χ0n) is 22.2. The molecule has 0 spiro atoms. The molecule has 2 fully saturated rings. The van der Waals surface area contributed by atoms with Crippen molar-refractivity contribution in [2.24, 2.45) is 11.8 Å². The highest BCUT2D eigenvalue weighted by Gasteiger charge is 2.32. The molecule has 0 radical (unpaired) electrons. The zero-order valence-corrected chi connectivity index (χ0v) is 22.2. The fourth-order valence-electron chi connectivity index (χ4n) is 5.48. The van der Waals surface area contributed by atoms with Crippen LogP contribution >= 0.6 is 0 Å². The maximum atomic E-state index is 12.6. The lowest BCUT2D eigenvalue weighted by molar-refractivity contribution is -0.148. The Morgan fingerprint density at radius 1 is 0.784 bits per heavy atom. The van der Waals surface area contributed by atoms with Gasteiger partial charge in [0.1, 0.15) is 18.0 Å². The molecule has 0 saturated heterocycles. The Bertz CT molecular complexity index is 862. The van der Waals surface area contributed by atoms with E-state index in [2.05, 4.69) is 6.58 Å². The second-order valence-electron chi connectivity index (χ2n) is 10.2. The van der Waals surface area contributed by atoms with E-state index >= 15 is 0 Å². The van der Waals surface area contributed by atoms with Gasteiger partial charge in [0.25, 0.3) is 0 Å². The van der Waals surface area contributed by atoms with E-state index < -0.39 is 0 Å². The summed E-state index contributed by atoms with van der Waals surface area (Å²) in [6.07, 6.45) is 13.1. The molecule has 37 heavy (non-hydrogen) atoms. The van der Waals surface area contributed by atoms with Crippen LogP contribution in [0.5, 0.6) is 5.75 Å². The van der Waals surface area contributed by atoms with Gasteiger partial charge in [-0.15, -0.1) is 0 Å². The third-order valence-electron chi connectivity index (χ3n) is 7.52. The molecule has 2 saturated carbocycles. The van der Waals surface area contributed by atoms with Crippen LogP contribution in [0.2, 0.25) is 0 Å². The predicted octanol–water partition coefficient (Wildman–Crippen LogP) is 6.19. The first kappa shape index (κ1) is 28.7. The summed E-state index contributed by atoms with van der Waals surface area (Å²) >= 11 is 0. The van der Waals surface area contributed by atoms with Crippen LogP contribution in [0.25, 0.3) is 0 Å². The average Bonchev–Trinajstić information content (AvgIpc) is 2.91. The summed E-state index contributed by atoms with van der Waals surface area (Å²) in [7, 11) is 0. The Balaban J connectivity index is 1.27. The highest BCUT2D eigenvalue weighted by Crippen LogP contribution is 2.39. The number of rotatable bonds is 13. The number of hydrogen-bond acceptors (Lipinski definition) is 7. The molecule has 1 aromatic carbocycles. The van der Waals surface area contributed by atoms with Gasteiger partial charge in [-0.25, -0.2) is 9.59 Å². The van der Waals surface area contributed by atoms with E-state index in [0.29, 0.717) is 30.6 Å². The van der Waals surface area contributed by atoms with Crippen molar-refractivity contribution in [3.8, 4) is 5.75 Å². The van der Waals surface area contributed by atoms with Crippen LogP contribution in [0.3, 0.4) is 0 Å². The standard InChI is InChI=1S/C30H42O7/c1-3-29(32)35-21-7-5-4-6-20-34-26-14-12-25(13-15-26)30(33)37-28-18-10-24(11-19-28)23-8-16-27(17-9-23)36-22(2)31/h3,12-15,23-24,27-28H,1,4-11,16-21H2,2H3/t23-,24-,27-,28-. The van der Waals surface area contributed by atoms with Crippen LogP contribution < -0.4 is 4.74 Å². The first-order valence-electron chi connectivity index (χ1n) is 13.8. The van der Waals surface area contributed by atoms with Gasteiger partial charge in [0.15, 0.2) is 0 Å². The SMILES string of the molecule is C=CC(=O)OCCCCCCOc1ccc(C(=O)O[C@H]2CC[C@H]([C@H]3CC[C@H](OC(C)=O)CC3)CC2)cc1. The summed E-state index contributed by atoms with van der Waals surface area (Å²) in [5, 5.41) is 0. The van der Waals surface area contributed by atoms with Crippen LogP contribution in [-0.4, -0.2) is 43.3 Å². The molecule has 0 unspecified atom stereocenters. The second-order valence-corrected chi connectivity index (χ2v) is 10.2. The lowest BCUT2D eigenvalue weighted by Gasteiger charge is -2.37. The molecule has 2 aliphatic rings. The lowest BCUT2D eigenvalue weighted by Crippen LogP contribution is -2.31. The van der Waals surface area contributed by atoms with E-state index in [4.69, 9.17) is 18.9 Å². The van der Waals surface area contributed by atoms with Crippen LogP contribution in [0.4, 0.5) is 0 Å². The third-order valence-corrected chi connectivity index (χ3v) is 7.52. The molecule has 0 bridgehead atoms. The minimum atomic E-state index is -0.379. The highest BCUT2D eigenvalue weighted by atomic mass is 16.5. The Morgan fingerprint density at radius 3 is 1.86 bits per heavy atom. The highest BCUT2D eigenvalue weighted by molar-refractivity contribution is 5.89. The largest absolute Gasteiger partial charge is 0.494 e. The summed E-state index contributed by atoms with van der Waals surface area (Å²) in [6.45, 7) is 5.87. The number of carbonyl (C=O) groups is 3. The zero-order chi connectivity index (χ0) is 26.5. The normalized spacial score (nSPS) is 23.5. The van der Waals surface area contributed by atoms with E-state index in [1.165, 1.54) is 13.0 Å². The van der Waals surface area contributed by atoms with Crippen molar-refractivity contribution >= 4 is 17.9 Å². The summed E-state index contributed by atoms with van der Waals surface area (Å²) in [5.74, 6) is 1.28. The molecule has 0 N–H and O–H groups in total. The summed E-state index contributed by atoms with van der Waals surface area (Å²) < 4.78 is 21.9. The Kier molecular flexibility index (Phi) is 12.0. The number of hydrogen-bond donors (Lipinski definition) is 0. The van der Waals surface area contributed by atoms with Crippen molar-refractivity contribution in [2.75, 3.05) is 13.2 Å². The topological polar surface area (TPSA) is 88.1 Å². The molecule has 204 valence electrons. The fourth-order valence-corrected chi connectivity index (χ4v) is 5.48. The molecule has 7 heteroatoms. The van der Waals surface area contributed by atoms with Gasteiger partial charge in [-0.2, -0.15) is 0 Å². The van der Waals surface area contributed by atoms with E-state index in [0.717, 1.165) is 82.8 Å². The van der Waals surface area contributed by atoms with E-state index in [1.54, 1.807) is 12.1 Å². The van der Waals surface area contributed by atoms with Gasteiger partial charge >= 0.3 is 17.9 Å². The van der Waals surface area contributed by atoms with Crippen LogP contribution in [0.1, 0.15) is 94.3 Å². The van der Waals surface area contributed by atoms with Crippen molar-refractivity contribution in [2.45, 2.75) is 96.2 Å². The summed E-state index contributed by atoms with van der Waals surface area (Å²) in [4.78, 5) is 34.8. The molecule has 0 atom stereocenters. The maximum Gasteiger partial charge on any atom is 0.338 e. The number of unbranched alkanes of at least 4 members (excludes halogenated alkanes) is 3. The average molecular weight is 515 g/mol. The monoisotopic (exact) mass is 514 g/mol. The second kappa shape index (κ2) is 15.4. The van der Waals surface area contributed by atoms with Gasteiger partial charge in [-0.05, 0) is 113 Å². The van der Waals surface area contributed by atoms with Gasteiger partial charge in [-0.1, -0.05) is 6.58 Å². The lowest BCUT2D eigenvalue weighted by atomic mass is 9.72. The Hall–Kier alpha value is -2.83. The van der Waals surface area contributed by atoms with Gasteiger partial charge in [0, 0.05) is 13.0 Å². The van der Waals surface area contributed by atoms with Crippen LogP contribution in [-0.2, 0) is 23.8 Å². The fraction of sp³-hybridized carbons (Fsp3) is 0.633. The number of carbonyl (C=O) groups excluding carboxylic acids is 3. The first-order valence-corrected chi connectivity index (χ1v) is 13.8. The Morgan fingerprint density at radius 2 is 1.32 bits per heavy atom. The van der Waals surface area contributed by atoms with E-state index in [9.17, 15) is 14.4 Å². The minimum Gasteiger partial charge on any atom is -0.494 e. The molecular formula is C30H42O7. The smallest absolute Gasteiger partial charge is 0.338 e. The molecule has 7 nitrogen and oxygen atoms in total. The van der Waals surface area contributed by atoms with Crippen molar-refractivity contribution in [1.29, 1.82) is 0 Å². The summed E-state index contributed by atoms with van der Waals surface area (Å²) in [6, 6.07) is 7.15. The molecule has 0 heterocycles. The van der Waals surface area contributed by atoms with Gasteiger partial charge in [-0.3, -0.25) is 4.79 Å². The van der Waals surface area contributed by atoms with Gasteiger partial charge in [0.05, 0.1) is 18.8 Å². The molecule has 3 rings (SSSR count). The molecule has 0 aliphatic heterocycles. The number of ether oxygens (including phenoxy) is 4. The van der Waals surface area contributed by atoms with E-state index in [1.807, 2.05) is 12.1 Å². The third kappa shape index (κ3) is 10.2. The maximum absolute atomic E-state index is 12.6. The van der Waals surface area contributed by atoms with Crippen molar-refractivity contribution in [3.63, 3.8) is 0 Å². The molecule has 2 aliphatic carbocycles. The molecule has 0 aromatic heterocycles. The van der Waals surface area contributed by atoms with Crippen molar-refractivity contribution < 1.29 is 33.3 Å². The summed E-state index contributed by atoms with van der Waals surface area (Å²) in [5.41, 5.74) is 0.548. The first-order chi connectivity index (χ1) is 17.9. The minimum absolute atomic E-state index is 0.0163. The van der Waals surface area contributed by atoms with Crippen LogP contribution in [0.15, 0.2) is 36.9 Å². The molecule has 0 amide bonds. The predicted molar refractivity (Wildman–Crippen MR) is 140 cm³/mol. The Labute approximate surface area is 220 Å². The molecule has 1 aromatic rings. The van der Waals surface area contributed by atoms with Gasteiger partial charge < -0.3 is 18.9 Å². The number of esters is 3. The number of benzene rings is 1. The van der Waals surface area contributed by atoms with Crippen molar-refractivity contribution in [1.82, 2.24) is 0 Å².